The van der Waals surface area contributed by atoms with Gasteiger partial charge in [-0.1, -0.05) is 13.3 Å². The minimum atomic E-state index is -0.612. The number of fused-ring (bicyclic) bond motifs is 1. The Bertz CT molecular complexity index is 636. The van der Waals surface area contributed by atoms with Crippen molar-refractivity contribution in [2.45, 2.75) is 32.9 Å². The number of benzene rings is 1. The molecule has 5 heteroatoms. The molecule has 3 rings (SSSR count). The molecule has 0 fully saturated rings. The molecule has 104 valence electrons. The van der Waals surface area contributed by atoms with E-state index in [0.717, 1.165) is 42.4 Å². The van der Waals surface area contributed by atoms with Gasteiger partial charge in [-0.05, 0) is 18.6 Å². The Morgan fingerprint density at radius 2 is 1.85 bits per heavy atom. The Balaban J connectivity index is 2.12. The predicted octanol–water partition coefficient (Wildman–Crippen LogP) is 2.98. The highest BCUT2D eigenvalue weighted by atomic mass is 19.1. The highest BCUT2D eigenvalue weighted by Crippen LogP contribution is 2.24. The monoisotopic (exact) mass is 275 g/mol. The van der Waals surface area contributed by atoms with Crippen LogP contribution in [0.25, 0.3) is 11.4 Å². The SMILES string of the molecule is CCCc1nc(-c2cc(F)cc(F)c2)nc2c1CNC2. The lowest BCUT2D eigenvalue weighted by Gasteiger charge is -2.09. The number of aryl methyl sites for hydroxylation is 1. The van der Waals surface area contributed by atoms with Gasteiger partial charge < -0.3 is 5.32 Å². The zero-order valence-electron chi connectivity index (χ0n) is 11.2. The number of nitrogens with one attached hydrogen (secondary N) is 1. The van der Waals surface area contributed by atoms with Crippen LogP contribution in [-0.4, -0.2) is 9.97 Å². The molecule has 0 aliphatic carbocycles. The van der Waals surface area contributed by atoms with E-state index in [9.17, 15) is 8.78 Å². The third-order valence-electron chi connectivity index (χ3n) is 3.38. The first kappa shape index (κ1) is 13.1. The maximum atomic E-state index is 13.3. The largest absolute Gasteiger partial charge is 0.307 e. The minimum Gasteiger partial charge on any atom is -0.307 e. The summed E-state index contributed by atoms with van der Waals surface area (Å²) in [7, 11) is 0. The molecule has 0 saturated carbocycles. The highest BCUT2D eigenvalue weighted by Gasteiger charge is 2.19. The first-order chi connectivity index (χ1) is 9.67. The Labute approximate surface area is 116 Å². The zero-order valence-corrected chi connectivity index (χ0v) is 11.2. The molecule has 0 radical (unpaired) electrons. The second-order valence-corrected chi connectivity index (χ2v) is 4.93. The summed E-state index contributed by atoms with van der Waals surface area (Å²) in [6, 6.07) is 3.39. The second-order valence-electron chi connectivity index (χ2n) is 4.93. The van der Waals surface area contributed by atoms with Gasteiger partial charge in [0.2, 0.25) is 0 Å². The maximum Gasteiger partial charge on any atom is 0.159 e. The van der Waals surface area contributed by atoms with Gasteiger partial charge in [0.25, 0.3) is 0 Å². The molecule has 0 saturated heterocycles. The smallest absolute Gasteiger partial charge is 0.159 e. The number of hydrogen-bond donors (Lipinski definition) is 1. The molecule has 3 nitrogen and oxygen atoms in total. The molecule has 0 spiro atoms. The fraction of sp³-hybridized carbons (Fsp3) is 0.333. The van der Waals surface area contributed by atoms with Crippen molar-refractivity contribution in [1.29, 1.82) is 0 Å². The predicted molar refractivity (Wildman–Crippen MR) is 71.9 cm³/mol. The average molecular weight is 275 g/mol. The maximum absolute atomic E-state index is 13.3. The van der Waals surface area contributed by atoms with Crippen molar-refractivity contribution >= 4 is 0 Å². The number of aromatic nitrogens is 2. The summed E-state index contributed by atoms with van der Waals surface area (Å²) in [4.78, 5) is 8.94. The lowest BCUT2D eigenvalue weighted by molar-refractivity contribution is 0.584. The molecular weight excluding hydrogens is 260 g/mol. The Kier molecular flexibility index (Phi) is 3.44. The van der Waals surface area contributed by atoms with Gasteiger partial charge in [0, 0.05) is 36.0 Å². The van der Waals surface area contributed by atoms with Gasteiger partial charge in [-0.15, -0.1) is 0 Å². The molecule has 0 atom stereocenters. The van der Waals surface area contributed by atoms with E-state index in [2.05, 4.69) is 22.2 Å². The summed E-state index contributed by atoms with van der Waals surface area (Å²) in [5.41, 5.74) is 3.42. The van der Waals surface area contributed by atoms with Crippen LogP contribution in [-0.2, 0) is 19.5 Å². The van der Waals surface area contributed by atoms with Crippen LogP contribution in [0.3, 0.4) is 0 Å². The molecule has 1 aromatic heterocycles. The standard InChI is InChI=1S/C15H15F2N3/c1-2-3-13-12-7-18-8-14(12)20-15(19-13)9-4-10(16)6-11(17)5-9/h4-6,18H,2-3,7-8H2,1H3. The van der Waals surface area contributed by atoms with Gasteiger partial charge in [-0.3, -0.25) is 0 Å². The molecule has 2 aromatic rings. The van der Waals surface area contributed by atoms with E-state index in [0.29, 0.717) is 17.9 Å². The van der Waals surface area contributed by atoms with E-state index in [-0.39, 0.29) is 0 Å². The van der Waals surface area contributed by atoms with Gasteiger partial charge >= 0.3 is 0 Å². The minimum absolute atomic E-state index is 0.384. The summed E-state index contributed by atoms with van der Waals surface area (Å²) in [5.74, 6) is -0.826. The second kappa shape index (κ2) is 5.25. The van der Waals surface area contributed by atoms with Gasteiger partial charge in [0.15, 0.2) is 5.82 Å². The van der Waals surface area contributed by atoms with Crippen molar-refractivity contribution < 1.29 is 8.78 Å². The highest BCUT2D eigenvalue weighted by molar-refractivity contribution is 5.56. The summed E-state index contributed by atoms with van der Waals surface area (Å²) in [6.45, 7) is 3.53. The topological polar surface area (TPSA) is 37.8 Å². The lowest BCUT2D eigenvalue weighted by atomic mass is 10.1. The summed E-state index contributed by atoms with van der Waals surface area (Å²) >= 11 is 0. The quantitative estimate of drug-likeness (QED) is 0.935. The Hall–Kier alpha value is -1.88. The molecule has 20 heavy (non-hydrogen) atoms. The van der Waals surface area contributed by atoms with E-state index in [1.54, 1.807) is 0 Å². The van der Waals surface area contributed by atoms with Crippen LogP contribution in [0.2, 0.25) is 0 Å². The van der Waals surface area contributed by atoms with E-state index in [4.69, 9.17) is 0 Å². The summed E-state index contributed by atoms with van der Waals surface area (Å²) in [6.07, 6.45) is 1.82. The Morgan fingerprint density at radius 1 is 1.10 bits per heavy atom. The first-order valence-electron chi connectivity index (χ1n) is 6.73. The van der Waals surface area contributed by atoms with Crippen LogP contribution in [0.15, 0.2) is 18.2 Å². The molecule has 1 aromatic carbocycles. The number of nitrogens with zero attached hydrogens (tertiary/aromatic N) is 2. The van der Waals surface area contributed by atoms with Crippen LogP contribution >= 0.6 is 0 Å². The van der Waals surface area contributed by atoms with E-state index in [1.165, 1.54) is 12.1 Å². The summed E-state index contributed by atoms with van der Waals surface area (Å²) < 4.78 is 26.7. The van der Waals surface area contributed by atoms with E-state index >= 15 is 0 Å². The van der Waals surface area contributed by atoms with Crippen molar-refractivity contribution in [2.24, 2.45) is 0 Å². The molecule has 0 unspecified atom stereocenters. The molecule has 1 aliphatic rings. The fourth-order valence-electron chi connectivity index (χ4n) is 2.49. The van der Waals surface area contributed by atoms with Gasteiger partial charge in [0.05, 0.1) is 5.69 Å². The van der Waals surface area contributed by atoms with Crippen LogP contribution in [0.5, 0.6) is 0 Å². The molecule has 1 N–H and O–H groups in total. The van der Waals surface area contributed by atoms with Crippen molar-refractivity contribution in [3.8, 4) is 11.4 Å². The third kappa shape index (κ3) is 2.41. The van der Waals surface area contributed by atoms with Crippen LogP contribution in [0.1, 0.15) is 30.3 Å². The fourth-order valence-corrected chi connectivity index (χ4v) is 2.49. The van der Waals surface area contributed by atoms with Crippen molar-refractivity contribution in [2.75, 3.05) is 0 Å². The molecule has 2 heterocycles. The number of halogens is 2. The average Bonchev–Trinajstić information content (AvgIpc) is 2.86. The number of rotatable bonds is 3. The third-order valence-corrected chi connectivity index (χ3v) is 3.38. The molecule has 0 amide bonds. The lowest BCUT2D eigenvalue weighted by Crippen LogP contribution is -2.04. The zero-order chi connectivity index (χ0) is 14.1. The van der Waals surface area contributed by atoms with Crippen molar-refractivity contribution in [3.63, 3.8) is 0 Å². The van der Waals surface area contributed by atoms with Gasteiger partial charge in [-0.2, -0.15) is 0 Å². The normalized spacial score (nSPS) is 13.6. The van der Waals surface area contributed by atoms with Crippen LogP contribution < -0.4 is 5.32 Å². The molecule has 1 aliphatic heterocycles. The first-order valence-corrected chi connectivity index (χ1v) is 6.73. The van der Waals surface area contributed by atoms with Crippen LogP contribution in [0.4, 0.5) is 8.78 Å². The van der Waals surface area contributed by atoms with Crippen LogP contribution in [0, 0.1) is 11.6 Å². The molecule has 0 bridgehead atoms. The van der Waals surface area contributed by atoms with Gasteiger partial charge in [0.1, 0.15) is 11.6 Å². The van der Waals surface area contributed by atoms with Gasteiger partial charge in [-0.25, -0.2) is 18.7 Å². The number of hydrogen-bond acceptors (Lipinski definition) is 3. The molecular formula is C15H15F2N3. The van der Waals surface area contributed by atoms with Crippen molar-refractivity contribution in [3.05, 3.63) is 46.8 Å². The summed E-state index contributed by atoms with van der Waals surface area (Å²) in [5, 5.41) is 3.24. The van der Waals surface area contributed by atoms with Crippen molar-refractivity contribution in [1.82, 2.24) is 15.3 Å². The Morgan fingerprint density at radius 3 is 2.55 bits per heavy atom. The van der Waals surface area contributed by atoms with E-state index in [1.807, 2.05) is 0 Å². The van der Waals surface area contributed by atoms with E-state index < -0.39 is 11.6 Å².